The van der Waals surface area contributed by atoms with Crippen molar-refractivity contribution in [3.8, 4) is 0 Å². The second-order valence-corrected chi connectivity index (χ2v) is 4.13. The molecule has 0 fully saturated rings. The van der Waals surface area contributed by atoms with E-state index in [-0.39, 0.29) is 5.82 Å². The van der Waals surface area contributed by atoms with Gasteiger partial charge in [0.1, 0.15) is 0 Å². The molecule has 0 aliphatic heterocycles. The van der Waals surface area contributed by atoms with Crippen LogP contribution in [0.5, 0.6) is 0 Å². The summed E-state index contributed by atoms with van der Waals surface area (Å²) < 4.78 is 0. The van der Waals surface area contributed by atoms with Gasteiger partial charge < -0.3 is 0 Å². The lowest BCUT2D eigenvalue weighted by Crippen LogP contribution is -1.96. The van der Waals surface area contributed by atoms with Gasteiger partial charge in [-0.3, -0.25) is 0 Å². The molecule has 2 radical (unpaired) electrons. The number of hydrogen-bond acceptors (Lipinski definition) is 0. The van der Waals surface area contributed by atoms with Crippen molar-refractivity contribution < 1.29 is 0 Å². The summed E-state index contributed by atoms with van der Waals surface area (Å²) in [4.78, 5) is 0. The van der Waals surface area contributed by atoms with Crippen LogP contribution in [0.4, 0.5) is 0 Å². The van der Waals surface area contributed by atoms with E-state index < -0.39 is 0 Å². The Morgan fingerprint density at radius 3 is 2.00 bits per heavy atom. The molecule has 1 rings (SSSR count). The maximum absolute atomic E-state index is 5.77. The van der Waals surface area contributed by atoms with E-state index in [4.69, 9.17) is 7.85 Å². The molecule has 1 unspecified atom stereocenters. The van der Waals surface area contributed by atoms with Gasteiger partial charge in [-0.2, -0.15) is 0 Å². The number of rotatable bonds is 3. The lowest BCUT2D eigenvalue weighted by Gasteiger charge is -2.08. The Morgan fingerprint density at radius 1 is 1.08 bits per heavy atom. The fourth-order valence-corrected chi connectivity index (χ4v) is 1.43. The Kier molecular flexibility index (Phi) is 3.59. The van der Waals surface area contributed by atoms with E-state index in [1.165, 1.54) is 11.1 Å². The van der Waals surface area contributed by atoms with Crippen LogP contribution in [0.2, 0.25) is 0 Å². The molecule has 1 aromatic rings. The highest BCUT2D eigenvalue weighted by atomic mass is 14.0. The average Bonchev–Trinajstić information content (AvgIpc) is 2.04. The van der Waals surface area contributed by atoms with Gasteiger partial charge in [0, 0.05) is 0 Å². The van der Waals surface area contributed by atoms with Crippen LogP contribution in [0.1, 0.15) is 37.7 Å². The van der Waals surface area contributed by atoms with Crippen LogP contribution in [-0.4, -0.2) is 7.85 Å². The first-order valence-electron chi connectivity index (χ1n) is 4.94. The Balaban J connectivity index is 2.70. The van der Waals surface area contributed by atoms with E-state index in [1.807, 2.05) is 6.92 Å². The fourth-order valence-electron chi connectivity index (χ4n) is 1.43. The van der Waals surface area contributed by atoms with Crippen LogP contribution in [-0.2, 0) is 6.42 Å². The van der Waals surface area contributed by atoms with Crippen LogP contribution in [0.3, 0.4) is 0 Å². The lowest BCUT2D eigenvalue weighted by molar-refractivity contribution is 0.647. The molecule has 1 atom stereocenters. The molecule has 0 bridgehead atoms. The van der Waals surface area contributed by atoms with E-state index in [2.05, 4.69) is 38.1 Å². The van der Waals surface area contributed by atoms with Gasteiger partial charge >= 0.3 is 0 Å². The summed E-state index contributed by atoms with van der Waals surface area (Å²) in [5, 5.41) is 0. The summed E-state index contributed by atoms with van der Waals surface area (Å²) in [7, 11) is 5.77. The molecule has 1 aromatic carbocycles. The molecule has 0 aromatic heterocycles. The van der Waals surface area contributed by atoms with Gasteiger partial charge in [-0.15, -0.1) is 0 Å². The van der Waals surface area contributed by atoms with Crippen molar-refractivity contribution in [3.63, 3.8) is 0 Å². The van der Waals surface area contributed by atoms with E-state index >= 15 is 0 Å². The summed E-state index contributed by atoms with van der Waals surface area (Å²) in [6.07, 6.45) is 1.15. The number of benzene rings is 1. The zero-order valence-electron chi connectivity index (χ0n) is 8.75. The molecule has 0 aliphatic carbocycles. The largest absolute Gasteiger partial charge is 0.0759 e. The van der Waals surface area contributed by atoms with Gasteiger partial charge in [0.25, 0.3) is 0 Å². The monoisotopic (exact) mass is 172 g/mol. The summed E-state index contributed by atoms with van der Waals surface area (Å²) in [5.41, 5.74) is 2.62. The van der Waals surface area contributed by atoms with Crippen molar-refractivity contribution in [2.75, 3.05) is 0 Å². The first-order valence-corrected chi connectivity index (χ1v) is 4.94. The highest BCUT2D eigenvalue weighted by molar-refractivity contribution is 6.12. The quantitative estimate of drug-likeness (QED) is 0.614. The van der Waals surface area contributed by atoms with Gasteiger partial charge in [0.05, 0.1) is 7.85 Å². The zero-order valence-corrected chi connectivity index (χ0v) is 8.75. The molecule has 0 amide bonds. The summed E-state index contributed by atoms with van der Waals surface area (Å²) in [5.74, 6) is 0.870. The second kappa shape index (κ2) is 4.50. The molecule has 0 saturated carbocycles. The van der Waals surface area contributed by atoms with E-state index in [0.29, 0.717) is 0 Å². The molecule has 0 saturated heterocycles. The van der Waals surface area contributed by atoms with Crippen LogP contribution >= 0.6 is 0 Å². The highest BCUT2D eigenvalue weighted by Gasteiger charge is 2.00. The SMILES string of the molecule is [B]C(C)c1ccc(CC(C)C)cc1. The Labute approximate surface area is 82.8 Å². The molecule has 0 nitrogen and oxygen atoms in total. The molecular formula is C12H17B. The molecule has 0 aliphatic rings. The van der Waals surface area contributed by atoms with Gasteiger partial charge in [0.15, 0.2) is 0 Å². The van der Waals surface area contributed by atoms with Crippen molar-refractivity contribution in [2.45, 2.75) is 33.0 Å². The van der Waals surface area contributed by atoms with Crippen molar-refractivity contribution >= 4 is 7.85 Å². The summed E-state index contributed by atoms with van der Waals surface area (Å²) >= 11 is 0. The Hall–Kier alpha value is -0.715. The lowest BCUT2D eigenvalue weighted by atomic mass is 9.82. The second-order valence-electron chi connectivity index (χ2n) is 4.13. The summed E-state index contributed by atoms with van der Waals surface area (Å²) in [6.45, 7) is 6.48. The van der Waals surface area contributed by atoms with Crippen molar-refractivity contribution in [1.82, 2.24) is 0 Å². The predicted molar refractivity (Wildman–Crippen MR) is 59.2 cm³/mol. The topological polar surface area (TPSA) is 0 Å². The molecule has 68 valence electrons. The third-order valence-electron chi connectivity index (χ3n) is 2.15. The molecule has 13 heavy (non-hydrogen) atoms. The number of hydrogen-bond donors (Lipinski definition) is 0. The normalized spacial score (nSPS) is 13.2. The van der Waals surface area contributed by atoms with Crippen LogP contribution < -0.4 is 0 Å². The minimum atomic E-state index is 0.146. The minimum absolute atomic E-state index is 0.146. The third kappa shape index (κ3) is 3.26. The smallest absolute Gasteiger partial charge is 0.0665 e. The van der Waals surface area contributed by atoms with Gasteiger partial charge in [-0.25, -0.2) is 0 Å². The molecular weight excluding hydrogens is 155 g/mol. The third-order valence-corrected chi connectivity index (χ3v) is 2.15. The van der Waals surface area contributed by atoms with E-state index in [0.717, 1.165) is 12.3 Å². The van der Waals surface area contributed by atoms with Crippen molar-refractivity contribution in [3.05, 3.63) is 35.4 Å². The van der Waals surface area contributed by atoms with Gasteiger partial charge in [0.2, 0.25) is 0 Å². The zero-order chi connectivity index (χ0) is 9.84. The van der Waals surface area contributed by atoms with Crippen LogP contribution in [0, 0.1) is 5.92 Å². The maximum atomic E-state index is 5.77. The molecule has 1 heteroatoms. The maximum Gasteiger partial charge on any atom is 0.0759 e. The standard InChI is InChI=1S/C12H17B/c1-9(2)8-11-4-6-12(7-5-11)10(3)13/h4-7,9-10H,8H2,1-3H3. The minimum Gasteiger partial charge on any atom is -0.0665 e. The van der Waals surface area contributed by atoms with Crippen LogP contribution in [0.25, 0.3) is 0 Å². The van der Waals surface area contributed by atoms with Crippen molar-refractivity contribution in [1.29, 1.82) is 0 Å². The van der Waals surface area contributed by atoms with Crippen molar-refractivity contribution in [2.24, 2.45) is 5.92 Å². The first kappa shape index (κ1) is 10.4. The highest BCUT2D eigenvalue weighted by Crippen LogP contribution is 2.14. The van der Waals surface area contributed by atoms with E-state index in [9.17, 15) is 0 Å². The molecule has 0 N–H and O–H groups in total. The Bertz CT molecular complexity index is 246. The average molecular weight is 172 g/mol. The van der Waals surface area contributed by atoms with E-state index in [1.54, 1.807) is 0 Å². The summed E-state index contributed by atoms with van der Waals surface area (Å²) in [6, 6.07) is 8.61. The van der Waals surface area contributed by atoms with Crippen LogP contribution in [0.15, 0.2) is 24.3 Å². The first-order chi connectivity index (χ1) is 6.09. The Morgan fingerprint density at radius 2 is 1.62 bits per heavy atom. The fraction of sp³-hybridized carbons (Fsp3) is 0.500. The molecule has 0 spiro atoms. The predicted octanol–water partition coefficient (Wildman–Crippen LogP) is 3.11. The van der Waals surface area contributed by atoms with Gasteiger partial charge in [-0.1, -0.05) is 56.4 Å². The molecule has 0 heterocycles. The van der Waals surface area contributed by atoms with Gasteiger partial charge in [-0.05, 0) is 17.9 Å².